The topological polar surface area (TPSA) is 26.3 Å². The molecule has 16 heavy (non-hydrogen) atoms. The van der Waals surface area contributed by atoms with Gasteiger partial charge in [0.2, 0.25) is 0 Å². The number of rotatable bonds is 3. The normalized spacial score (nSPS) is 11.2. The Balaban J connectivity index is 2.43. The van der Waals surface area contributed by atoms with Crippen LogP contribution in [0.1, 0.15) is 32.8 Å². The van der Waals surface area contributed by atoms with Crippen molar-refractivity contribution >= 4 is 5.97 Å². The Morgan fingerprint density at radius 2 is 2.06 bits per heavy atom. The number of carbonyl (C=O) groups is 1. The highest BCUT2D eigenvalue weighted by Gasteiger charge is 2.15. The van der Waals surface area contributed by atoms with Gasteiger partial charge in [-0.3, -0.25) is 4.79 Å². The van der Waals surface area contributed by atoms with Gasteiger partial charge in [-0.1, -0.05) is 12.1 Å². The van der Waals surface area contributed by atoms with E-state index in [1.807, 2.05) is 20.8 Å². The molecule has 0 spiro atoms. The van der Waals surface area contributed by atoms with Crippen LogP contribution in [0.15, 0.2) is 24.3 Å². The largest absolute Gasteiger partial charge is 0.460 e. The van der Waals surface area contributed by atoms with Gasteiger partial charge in [0.15, 0.2) is 0 Å². The molecule has 0 saturated carbocycles. The van der Waals surface area contributed by atoms with E-state index in [0.29, 0.717) is 6.42 Å². The van der Waals surface area contributed by atoms with Crippen molar-refractivity contribution < 1.29 is 13.9 Å². The van der Waals surface area contributed by atoms with Gasteiger partial charge in [0.25, 0.3) is 0 Å². The number of benzene rings is 1. The number of hydrogen-bond acceptors (Lipinski definition) is 2. The zero-order valence-electron chi connectivity index (χ0n) is 9.92. The van der Waals surface area contributed by atoms with Crippen molar-refractivity contribution in [3.8, 4) is 0 Å². The number of hydrogen-bond donors (Lipinski definition) is 0. The quantitative estimate of drug-likeness (QED) is 0.737. The number of ether oxygens (including phenoxy) is 1. The first-order valence-corrected chi connectivity index (χ1v) is 5.33. The highest BCUT2D eigenvalue weighted by Crippen LogP contribution is 2.11. The van der Waals surface area contributed by atoms with E-state index in [4.69, 9.17) is 4.74 Å². The van der Waals surface area contributed by atoms with E-state index in [9.17, 15) is 9.18 Å². The maximum Gasteiger partial charge on any atom is 0.306 e. The Bertz CT molecular complexity index is 366. The van der Waals surface area contributed by atoms with Crippen molar-refractivity contribution in [3.63, 3.8) is 0 Å². The lowest BCUT2D eigenvalue weighted by atomic mass is 10.1. The van der Waals surface area contributed by atoms with E-state index >= 15 is 0 Å². The SMILES string of the molecule is CC(C)(C)OC(=O)CCc1cccc(F)c1. The number of halogens is 1. The fourth-order valence-electron chi connectivity index (χ4n) is 1.33. The average molecular weight is 224 g/mol. The summed E-state index contributed by atoms with van der Waals surface area (Å²) in [4.78, 5) is 11.4. The van der Waals surface area contributed by atoms with E-state index in [-0.39, 0.29) is 18.2 Å². The van der Waals surface area contributed by atoms with Crippen LogP contribution >= 0.6 is 0 Å². The molecule has 0 atom stereocenters. The van der Waals surface area contributed by atoms with Crippen LogP contribution in [0.3, 0.4) is 0 Å². The van der Waals surface area contributed by atoms with Crippen LogP contribution in [0.25, 0.3) is 0 Å². The van der Waals surface area contributed by atoms with E-state index < -0.39 is 5.60 Å². The van der Waals surface area contributed by atoms with Gasteiger partial charge in [0.1, 0.15) is 11.4 Å². The van der Waals surface area contributed by atoms with Crippen molar-refractivity contribution in [2.45, 2.75) is 39.2 Å². The molecule has 0 aromatic heterocycles. The van der Waals surface area contributed by atoms with Crippen molar-refractivity contribution in [3.05, 3.63) is 35.6 Å². The summed E-state index contributed by atoms with van der Waals surface area (Å²) in [6, 6.07) is 6.26. The zero-order valence-corrected chi connectivity index (χ0v) is 9.92. The van der Waals surface area contributed by atoms with Crippen molar-refractivity contribution in [1.82, 2.24) is 0 Å². The zero-order chi connectivity index (χ0) is 12.2. The van der Waals surface area contributed by atoms with Crippen LogP contribution in [-0.4, -0.2) is 11.6 Å². The monoisotopic (exact) mass is 224 g/mol. The van der Waals surface area contributed by atoms with Crippen molar-refractivity contribution in [2.24, 2.45) is 0 Å². The first kappa shape index (κ1) is 12.7. The van der Waals surface area contributed by atoms with Crippen LogP contribution in [0.4, 0.5) is 4.39 Å². The Kier molecular flexibility index (Phi) is 4.05. The van der Waals surface area contributed by atoms with E-state index in [2.05, 4.69) is 0 Å². The van der Waals surface area contributed by atoms with Gasteiger partial charge >= 0.3 is 5.97 Å². The molecule has 0 aliphatic carbocycles. The number of carbonyl (C=O) groups excluding carboxylic acids is 1. The molecule has 1 rings (SSSR count). The summed E-state index contributed by atoms with van der Waals surface area (Å²) in [5, 5.41) is 0. The molecule has 0 unspecified atom stereocenters. The number of aryl methyl sites for hydroxylation is 1. The molecule has 0 N–H and O–H groups in total. The summed E-state index contributed by atoms with van der Waals surface area (Å²) in [6.45, 7) is 5.48. The van der Waals surface area contributed by atoms with Gasteiger partial charge in [-0.15, -0.1) is 0 Å². The minimum atomic E-state index is -0.459. The van der Waals surface area contributed by atoms with Gasteiger partial charge in [0, 0.05) is 6.42 Å². The molecule has 3 heteroatoms. The lowest BCUT2D eigenvalue weighted by Gasteiger charge is -2.19. The molecule has 1 aromatic carbocycles. The Morgan fingerprint density at radius 1 is 1.38 bits per heavy atom. The fourth-order valence-corrected chi connectivity index (χ4v) is 1.33. The number of esters is 1. The molecule has 0 aliphatic rings. The molecule has 0 aliphatic heterocycles. The molecular formula is C13H17FO2. The third kappa shape index (κ3) is 4.91. The minimum Gasteiger partial charge on any atom is -0.460 e. The first-order valence-electron chi connectivity index (χ1n) is 5.33. The summed E-state index contributed by atoms with van der Waals surface area (Å²) in [7, 11) is 0. The summed E-state index contributed by atoms with van der Waals surface area (Å²) in [5.41, 5.74) is 0.352. The highest BCUT2D eigenvalue weighted by atomic mass is 19.1. The van der Waals surface area contributed by atoms with E-state index in [1.165, 1.54) is 12.1 Å². The second kappa shape index (κ2) is 5.10. The highest BCUT2D eigenvalue weighted by molar-refractivity contribution is 5.70. The average Bonchev–Trinajstić information content (AvgIpc) is 2.12. The molecular weight excluding hydrogens is 207 g/mol. The summed E-state index contributed by atoms with van der Waals surface area (Å²) >= 11 is 0. The lowest BCUT2D eigenvalue weighted by molar-refractivity contribution is -0.154. The third-order valence-corrected chi connectivity index (χ3v) is 1.93. The first-order chi connectivity index (χ1) is 7.37. The summed E-state index contributed by atoms with van der Waals surface area (Å²) in [5.74, 6) is -0.529. The van der Waals surface area contributed by atoms with Gasteiger partial charge in [-0.2, -0.15) is 0 Å². The molecule has 0 saturated heterocycles. The Labute approximate surface area is 95.4 Å². The van der Waals surface area contributed by atoms with Gasteiger partial charge in [-0.25, -0.2) is 4.39 Å². The van der Waals surface area contributed by atoms with Crippen LogP contribution in [0.2, 0.25) is 0 Å². The maximum atomic E-state index is 12.8. The Morgan fingerprint density at radius 3 is 2.62 bits per heavy atom. The molecule has 0 radical (unpaired) electrons. The molecule has 0 amide bonds. The fraction of sp³-hybridized carbons (Fsp3) is 0.462. The Hall–Kier alpha value is -1.38. The minimum absolute atomic E-state index is 0.253. The van der Waals surface area contributed by atoms with Crippen molar-refractivity contribution in [2.75, 3.05) is 0 Å². The molecule has 0 bridgehead atoms. The maximum absolute atomic E-state index is 12.8. The van der Waals surface area contributed by atoms with Crippen LogP contribution in [0.5, 0.6) is 0 Å². The van der Waals surface area contributed by atoms with Crippen LogP contribution < -0.4 is 0 Å². The molecule has 88 valence electrons. The predicted molar refractivity (Wildman–Crippen MR) is 60.6 cm³/mol. The third-order valence-electron chi connectivity index (χ3n) is 1.93. The predicted octanol–water partition coefficient (Wildman–Crippen LogP) is 3.10. The van der Waals surface area contributed by atoms with Crippen LogP contribution in [-0.2, 0) is 16.0 Å². The van der Waals surface area contributed by atoms with Crippen molar-refractivity contribution in [1.29, 1.82) is 0 Å². The standard InChI is InChI=1S/C13H17FO2/c1-13(2,3)16-12(15)8-7-10-5-4-6-11(14)9-10/h4-6,9H,7-8H2,1-3H3. The lowest BCUT2D eigenvalue weighted by Crippen LogP contribution is -2.24. The van der Waals surface area contributed by atoms with E-state index in [1.54, 1.807) is 12.1 Å². The van der Waals surface area contributed by atoms with Gasteiger partial charge < -0.3 is 4.74 Å². The smallest absolute Gasteiger partial charge is 0.306 e. The molecule has 0 heterocycles. The van der Waals surface area contributed by atoms with Crippen LogP contribution in [0, 0.1) is 5.82 Å². The van der Waals surface area contributed by atoms with Gasteiger partial charge in [0.05, 0.1) is 0 Å². The molecule has 0 fully saturated rings. The summed E-state index contributed by atoms with van der Waals surface area (Å²) in [6.07, 6.45) is 0.785. The molecule has 2 nitrogen and oxygen atoms in total. The van der Waals surface area contributed by atoms with Gasteiger partial charge in [-0.05, 0) is 44.9 Å². The second-order valence-corrected chi connectivity index (χ2v) is 4.72. The summed E-state index contributed by atoms with van der Waals surface area (Å²) < 4.78 is 18.0. The van der Waals surface area contributed by atoms with E-state index in [0.717, 1.165) is 5.56 Å². The molecule has 1 aromatic rings. The second-order valence-electron chi connectivity index (χ2n) is 4.72.